The molecule has 4 nitrogen and oxygen atoms in total. The second kappa shape index (κ2) is 4.42. The van der Waals surface area contributed by atoms with Gasteiger partial charge in [-0.15, -0.1) is 0 Å². The van der Waals surface area contributed by atoms with Crippen molar-refractivity contribution in [3.63, 3.8) is 0 Å². The van der Waals surface area contributed by atoms with E-state index >= 15 is 0 Å². The summed E-state index contributed by atoms with van der Waals surface area (Å²) in [5, 5.41) is 20.3. The van der Waals surface area contributed by atoms with E-state index in [-0.39, 0.29) is 23.2 Å². The lowest BCUT2D eigenvalue weighted by Crippen LogP contribution is -2.53. The Morgan fingerprint density at radius 2 is 2.00 bits per heavy atom. The van der Waals surface area contributed by atoms with Gasteiger partial charge in [-0.1, -0.05) is 13.8 Å². The van der Waals surface area contributed by atoms with E-state index in [9.17, 15) is 10.2 Å². The second-order valence-corrected chi connectivity index (χ2v) is 7.19. The van der Waals surface area contributed by atoms with Crippen LogP contribution in [0.3, 0.4) is 0 Å². The predicted octanol–water partition coefficient (Wildman–Crippen LogP) is 1.48. The molecule has 1 spiro atoms. The predicted molar refractivity (Wildman–Crippen MR) is 70.8 cm³/mol. The lowest BCUT2D eigenvalue weighted by atomic mass is 9.68. The molecule has 2 N–H and O–H groups in total. The first-order valence-corrected chi connectivity index (χ1v) is 7.57. The Kier molecular flexibility index (Phi) is 3.21. The molecule has 0 aromatic carbocycles. The highest BCUT2D eigenvalue weighted by Gasteiger charge is 2.71. The summed E-state index contributed by atoms with van der Waals surface area (Å²) in [6.07, 6.45) is 2.50. The molecule has 3 aliphatic rings. The number of ether oxygens (including phenoxy) is 2. The van der Waals surface area contributed by atoms with Crippen molar-refractivity contribution < 1.29 is 19.7 Å². The largest absolute Gasteiger partial charge is 0.390 e. The second-order valence-electron chi connectivity index (χ2n) is 7.19. The smallest absolute Gasteiger partial charge is 0.100 e. The summed E-state index contributed by atoms with van der Waals surface area (Å²) in [4.78, 5) is 0. The van der Waals surface area contributed by atoms with E-state index in [2.05, 4.69) is 20.8 Å². The Hall–Kier alpha value is -0.160. The van der Waals surface area contributed by atoms with Crippen LogP contribution in [0.15, 0.2) is 0 Å². The van der Waals surface area contributed by atoms with Gasteiger partial charge in [0.05, 0.1) is 36.4 Å². The number of epoxide rings is 2. The van der Waals surface area contributed by atoms with Gasteiger partial charge in [0, 0.05) is 0 Å². The maximum absolute atomic E-state index is 10.4. The fourth-order valence-electron chi connectivity index (χ4n) is 3.91. The van der Waals surface area contributed by atoms with E-state index in [1.807, 2.05) is 0 Å². The molecular formula is C15H26O4. The van der Waals surface area contributed by atoms with Crippen molar-refractivity contribution in [2.75, 3.05) is 6.61 Å². The normalized spacial score (nSPS) is 52.7. The minimum absolute atomic E-state index is 0.0825. The lowest BCUT2D eigenvalue weighted by molar-refractivity contribution is -0.0977. The van der Waals surface area contributed by atoms with Crippen molar-refractivity contribution in [2.45, 2.75) is 76.0 Å². The van der Waals surface area contributed by atoms with Crippen molar-refractivity contribution in [3.05, 3.63) is 0 Å². The molecule has 2 aliphatic heterocycles. The van der Waals surface area contributed by atoms with E-state index in [4.69, 9.17) is 9.47 Å². The van der Waals surface area contributed by atoms with E-state index in [0.717, 1.165) is 19.3 Å². The Morgan fingerprint density at radius 3 is 2.58 bits per heavy atom. The van der Waals surface area contributed by atoms with Crippen LogP contribution in [-0.2, 0) is 9.47 Å². The van der Waals surface area contributed by atoms with Crippen molar-refractivity contribution in [1.29, 1.82) is 0 Å². The first kappa shape index (κ1) is 13.8. The van der Waals surface area contributed by atoms with Gasteiger partial charge in [-0.2, -0.15) is 0 Å². The average molecular weight is 270 g/mol. The molecule has 2 saturated heterocycles. The summed E-state index contributed by atoms with van der Waals surface area (Å²) in [7, 11) is 0. The third kappa shape index (κ3) is 2.23. The van der Waals surface area contributed by atoms with Gasteiger partial charge in [0.25, 0.3) is 0 Å². The quantitative estimate of drug-likeness (QED) is 0.759. The van der Waals surface area contributed by atoms with Crippen LogP contribution >= 0.6 is 0 Å². The third-order valence-corrected chi connectivity index (χ3v) is 5.28. The molecule has 0 amide bonds. The van der Waals surface area contributed by atoms with Gasteiger partial charge < -0.3 is 19.7 Å². The van der Waals surface area contributed by atoms with Crippen LogP contribution in [0.2, 0.25) is 0 Å². The fourth-order valence-corrected chi connectivity index (χ4v) is 3.91. The number of hydrogen-bond donors (Lipinski definition) is 2. The minimum Gasteiger partial charge on any atom is -0.390 e. The van der Waals surface area contributed by atoms with E-state index < -0.39 is 12.2 Å². The molecule has 6 atom stereocenters. The van der Waals surface area contributed by atoms with Gasteiger partial charge in [0.15, 0.2) is 0 Å². The Bertz CT molecular complexity index is 352. The van der Waals surface area contributed by atoms with Crippen molar-refractivity contribution in [2.24, 2.45) is 11.8 Å². The summed E-state index contributed by atoms with van der Waals surface area (Å²) in [6, 6.07) is 0. The third-order valence-electron chi connectivity index (χ3n) is 5.28. The van der Waals surface area contributed by atoms with Crippen molar-refractivity contribution in [3.8, 4) is 0 Å². The molecule has 0 bridgehead atoms. The van der Waals surface area contributed by atoms with Crippen molar-refractivity contribution in [1.82, 2.24) is 0 Å². The highest BCUT2D eigenvalue weighted by molar-refractivity contribution is 5.19. The molecular weight excluding hydrogens is 244 g/mol. The summed E-state index contributed by atoms with van der Waals surface area (Å²) < 4.78 is 11.6. The molecule has 3 rings (SSSR count). The fraction of sp³-hybridized carbons (Fsp3) is 1.00. The average Bonchev–Trinajstić information content (AvgIpc) is 3.22. The SMILES string of the molecule is CC(C)CCC1OC1(C)C1C(O)C(O)CCC12CO2. The molecule has 1 aliphatic carbocycles. The van der Waals surface area contributed by atoms with Crippen LogP contribution in [-0.4, -0.2) is 46.3 Å². The molecule has 0 aromatic heterocycles. The molecule has 4 heteroatoms. The highest BCUT2D eigenvalue weighted by atomic mass is 16.6. The maximum atomic E-state index is 10.4. The zero-order chi connectivity index (χ0) is 13.8. The van der Waals surface area contributed by atoms with E-state index in [1.54, 1.807) is 0 Å². The van der Waals surface area contributed by atoms with Crippen LogP contribution in [0.25, 0.3) is 0 Å². The van der Waals surface area contributed by atoms with Crippen LogP contribution in [0.4, 0.5) is 0 Å². The summed E-state index contributed by atoms with van der Waals surface area (Å²) >= 11 is 0. The zero-order valence-electron chi connectivity index (χ0n) is 12.1. The number of hydrogen-bond acceptors (Lipinski definition) is 4. The van der Waals surface area contributed by atoms with E-state index in [1.165, 1.54) is 0 Å². The summed E-state index contributed by atoms with van der Waals surface area (Å²) in [5.41, 5.74) is -0.536. The monoisotopic (exact) mass is 270 g/mol. The zero-order valence-corrected chi connectivity index (χ0v) is 12.1. The molecule has 3 fully saturated rings. The Labute approximate surface area is 115 Å². The number of aliphatic hydroxyl groups is 2. The molecule has 110 valence electrons. The van der Waals surface area contributed by atoms with Gasteiger partial charge >= 0.3 is 0 Å². The minimum atomic E-state index is -0.717. The van der Waals surface area contributed by atoms with Gasteiger partial charge in [-0.05, 0) is 38.5 Å². The van der Waals surface area contributed by atoms with Crippen LogP contribution in [0.5, 0.6) is 0 Å². The van der Waals surface area contributed by atoms with Gasteiger partial charge in [-0.3, -0.25) is 0 Å². The Morgan fingerprint density at radius 1 is 1.32 bits per heavy atom. The van der Waals surface area contributed by atoms with Crippen LogP contribution < -0.4 is 0 Å². The topological polar surface area (TPSA) is 65.5 Å². The maximum Gasteiger partial charge on any atom is 0.100 e. The van der Waals surface area contributed by atoms with Gasteiger partial charge in [-0.25, -0.2) is 0 Å². The lowest BCUT2D eigenvalue weighted by Gasteiger charge is -2.39. The van der Waals surface area contributed by atoms with Crippen LogP contribution in [0.1, 0.15) is 46.5 Å². The highest BCUT2D eigenvalue weighted by Crippen LogP contribution is 2.58. The first-order valence-electron chi connectivity index (χ1n) is 7.57. The van der Waals surface area contributed by atoms with Crippen LogP contribution in [0, 0.1) is 11.8 Å². The number of aliphatic hydroxyl groups excluding tert-OH is 2. The Balaban J connectivity index is 1.70. The van der Waals surface area contributed by atoms with Gasteiger partial charge in [0.1, 0.15) is 5.60 Å². The summed E-state index contributed by atoms with van der Waals surface area (Å²) in [6.45, 7) is 7.21. The standard InChI is InChI=1S/C15H26O4/c1-9(2)4-5-11-14(3,19-11)13-12(17)10(16)6-7-15(13)8-18-15/h9-13,16-17H,4-8H2,1-3H3. The molecule has 0 aromatic rings. The first-order chi connectivity index (χ1) is 8.89. The molecule has 6 unspecified atom stereocenters. The molecule has 0 radical (unpaired) electrons. The molecule has 1 saturated carbocycles. The molecule has 19 heavy (non-hydrogen) atoms. The van der Waals surface area contributed by atoms with E-state index in [0.29, 0.717) is 18.9 Å². The van der Waals surface area contributed by atoms with Crippen molar-refractivity contribution >= 4 is 0 Å². The molecule has 2 heterocycles. The summed E-state index contributed by atoms with van der Waals surface area (Å²) in [5.74, 6) is 0.586. The van der Waals surface area contributed by atoms with Gasteiger partial charge in [0.2, 0.25) is 0 Å². The number of rotatable bonds is 4.